The Labute approximate surface area is 180 Å². The lowest BCUT2D eigenvalue weighted by Gasteiger charge is -2.26. The lowest BCUT2D eigenvalue weighted by Crippen LogP contribution is -2.17. The summed E-state index contributed by atoms with van der Waals surface area (Å²) in [7, 11) is 0. The number of nitrogens with zero attached hydrogens (tertiary/aromatic N) is 1. The Bertz CT molecular complexity index is 1270. The van der Waals surface area contributed by atoms with Gasteiger partial charge in [-0.25, -0.2) is 0 Å². The first-order chi connectivity index (χ1) is 14.1. The smallest absolute Gasteiger partial charge is 0.0530 e. The number of fused-ring (bicyclic) bond motifs is 4. The highest BCUT2D eigenvalue weighted by atomic mass is 15.0. The summed E-state index contributed by atoms with van der Waals surface area (Å²) in [6.45, 7) is 14.9. The van der Waals surface area contributed by atoms with Crippen LogP contribution in [0.2, 0.25) is 0 Å². The molecule has 0 bridgehead atoms. The summed E-state index contributed by atoms with van der Waals surface area (Å²) in [6.07, 6.45) is 2.22. The fourth-order valence-corrected chi connectivity index (χ4v) is 5.24. The lowest BCUT2D eigenvalue weighted by molar-refractivity contribution is 0.581. The van der Waals surface area contributed by atoms with Crippen molar-refractivity contribution in [3.05, 3.63) is 82.4 Å². The normalized spacial score (nSPS) is 14.6. The lowest BCUT2D eigenvalue weighted by atomic mass is 9.81. The molecule has 5 rings (SSSR count). The molecule has 0 aliphatic carbocycles. The van der Waals surface area contributed by atoms with Crippen molar-refractivity contribution in [3.63, 3.8) is 0 Å². The average Bonchev–Trinajstić information content (AvgIpc) is 2.97. The highest BCUT2D eigenvalue weighted by molar-refractivity contribution is 6.09. The van der Waals surface area contributed by atoms with E-state index in [2.05, 4.69) is 101 Å². The van der Waals surface area contributed by atoms with Crippen molar-refractivity contribution in [1.29, 1.82) is 0 Å². The molecule has 0 unspecified atom stereocenters. The molecule has 0 fully saturated rings. The molecule has 1 aliphatic rings. The van der Waals surface area contributed by atoms with Gasteiger partial charge < -0.3 is 4.57 Å². The Morgan fingerprint density at radius 2 is 1.40 bits per heavy atom. The molecule has 1 nitrogen and oxygen atoms in total. The minimum absolute atomic E-state index is 0.139. The van der Waals surface area contributed by atoms with E-state index in [1.807, 2.05) is 0 Å². The zero-order valence-electron chi connectivity index (χ0n) is 19.3. The van der Waals surface area contributed by atoms with Gasteiger partial charge in [-0.1, -0.05) is 90.1 Å². The summed E-state index contributed by atoms with van der Waals surface area (Å²) in [5, 5.41) is 2.80. The summed E-state index contributed by atoms with van der Waals surface area (Å²) in [4.78, 5) is 0. The van der Waals surface area contributed by atoms with E-state index in [0.717, 1.165) is 19.4 Å². The van der Waals surface area contributed by atoms with E-state index in [-0.39, 0.29) is 10.8 Å². The minimum atomic E-state index is 0.139. The third-order valence-electron chi connectivity index (χ3n) is 6.90. The standard InChI is InChI=1S/C29H33N/c1-28(2,3)21-12-14-22-23-15-16-25(29(4,5)6)24-13-11-19-9-7-8-10-20(19)18-30(27(23)24)26(22)17-21/h7-10,12,14-17H,11,13,18H2,1-6H3. The highest BCUT2D eigenvalue weighted by Crippen LogP contribution is 2.40. The van der Waals surface area contributed by atoms with Gasteiger partial charge in [0, 0.05) is 22.8 Å². The first-order valence-electron chi connectivity index (χ1n) is 11.3. The fraction of sp³-hybridized carbons (Fsp3) is 0.379. The summed E-state index contributed by atoms with van der Waals surface area (Å²) in [5.41, 5.74) is 10.5. The molecule has 1 heteroatoms. The second kappa shape index (κ2) is 6.48. The molecule has 0 N–H and O–H groups in total. The molecule has 0 saturated heterocycles. The first kappa shape index (κ1) is 19.4. The number of rotatable bonds is 0. The van der Waals surface area contributed by atoms with E-state index in [1.54, 1.807) is 5.56 Å². The molecule has 0 amide bonds. The minimum Gasteiger partial charge on any atom is -0.336 e. The average molecular weight is 396 g/mol. The molecule has 30 heavy (non-hydrogen) atoms. The Morgan fingerprint density at radius 1 is 0.700 bits per heavy atom. The summed E-state index contributed by atoms with van der Waals surface area (Å²) in [6, 6.07) is 20.9. The summed E-state index contributed by atoms with van der Waals surface area (Å²) in [5.74, 6) is 0. The van der Waals surface area contributed by atoms with Gasteiger partial charge in [-0.3, -0.25) is 0 Å². The molecule has 0 saturated carbocycles. The monoisotopic (exact) mass is 395 g/mol. The number of hydrogen-bond donors (Lipinski definition) is 0. The third kappa shape index (κ3) is 2.98. The van der Waals surface area contributed by atoms with Crippen LogP contribution in [0.25, 0.3) is 21.8 Å². The van der Waals surface area contributed by atoms with Gasteiger partial charge >= 0.3 is 0 Å². The Hall–Kier alpha value is -2.54. The Balaban J connectivity index is 1.92. The predicted molar refractivity (Wildman–Crippen MR) is 130 cm³/mol. The summed E-state index contributed by atoms with van der Waals surface area (Å²) >= 11 is 0. The van der Waals surface area contributed by atoms with Crippen LogP contribution in [-0.2, 0) is 30.2 Å². The molecule has 154 valence electrons. The molecule has 0 radical (unpaired) electrons. The molecule has 3 aromatic carbocycles. The Morgan fingerprint density at radius 3 is 2.10 bits per heavy atom. The van der Waals surface area contributed by atoms with Gasteiger partial charge in [0.25, 0.3) is 0 Å². The van der Waals surface area contributed by atoms with E-state index in [9.17, 15) is 0 Å². The zero-order valence-corrected chi connectivity index (χ0v) is 19.3. The van der Waals surface area contributed by atoms with Crippen LogP contribution < -0.4 is 0 Å². The molecule has 2 heterocycles. The van der Waals surface area contributed by atoms with Gasteiger partial charge in [0.15, 0.2) is 0 Å². The van der Waals surface area contributed by atoms with E-state index >= 15 is 0 Å². The van der Waals surface area contributed by atoms with Crippen LogP contribution in [0, 0.1) is 0 Å². The molecule has 1 aliphatic heterocycles. The molecule has 0 atom stereocenters. The van der Waals surface area contributed by atoms with E-state index in [0.29, 0.717) is 0 Å². The van der Waals surface area contributed by atoms with Crippen molar-refractivity contribution in [2.75, 3.05) is 0 Å². The van der Waals surface area contributed by atoms with Crippen LogP contribution in [0.15, 0.2) is 54.6 Å². The molecular formula is C29H33N. The predicted octanol–water partition coefficient (Wildman–Crippen LogP) is 7.54. The van der Waals surface area contributed by atoms with Gasteiger partial charge in [-0.15, -0.1) is 0 Å². The Kier molecular flexibility index (Phi) is 4.19. The van der Waals surface area contributed by atoms with Gasteiger partial charge in [0.1, 0.15) is 0 Å². The van der Waals surface area contributed by atoms with Crippen LogP contribution in [0.1, 0.15) is 69.4 Å². The van der Waals surface area contributed by atoms with E-state index < -0.39 is 0 Å². The van der Waals surface area contributed by atoms with Crippen molar-refractivity contribution >= 4 is 21.8 Å². The second-order valence-electron chi connectivity index (χ2n) is 11.1. The fourth-order valence-electron chi connectivity index (χ4n) is 5.24. The third-order valence-corrected chi connectivity index (χ3v) is 6.90. The van der Waals surface area contributed by atoms with Crippen molar-refractivity contribution in [2.24, 2.45) is 0 Å². The maximum Gasteiger partial charge on any atom is 0.0530 e. The van der Waals surface area contributed by atoms with Crippen LogP contribution in [-0.4, -0.2) is 4.57 Å². The van der Waals surface area contributed by atoms with Crippen molar-refractivity contribution < 1.29 is 0 Å². The van der Waals surface area contributed by atoms with Crippen molar-refractivity contribution in [2.45, 2.75) is 71.8 Å². The SMILES string of the molecule is CC(C)(C)c1ccc2c3ccc(C(C)(C)C)c4c3n(c2c1)Cc1ccccc1CC4. The molecule has 4 aromatic rings. The van der Waals surface area contributed by atoms with Crippen LogP contribution >= 0.6 is 0 Å². The molecular weight excluding hydrogens is 362 g/mol. The maximum atomic E-state index is 2.61. The topological polar surface area (TPSA) is 4.93 Å². The number of benzene rings is 3. The van der Waals surface area contributed by atoms with Gasteiger partial charge in [-0.2, -0.15) is 0 Å². The van der Waals surface area contributed by atoms with Crippen LogP contribution in [0.3, 0.4) is 0 Å². The number of aromatic nitrogens is 1. The second-order valence-corrected chi connectivity index (χ2v) is 11.1. The highest BCUT2D eigenvalue weighted by Gasteiger charge is 2.26. The number of aryl methyl sites for hydroxylation is 2. The van der Waals surface area contributed by atoms with Gasteiger partial charge in [0.2, 0.25) is 0 Å². The van der Waals surface area contributed by atoms with E-state index in [1.165, 1.54) is 44.1 Å². The first-order valence-corrected chi connectivity index (χ1v) is 11.3. The maximum absolute atomic E-state index is 2.61. The van der Waals surface area contributed by atoms with E-state index in [4.69, 9.17) is 0 Å². The van der Waals surface area contributed by atoms with Gasteiger partial charge in [-0.05, 0) is 57.6 Å². The summed E-state index contributed by atoms with van der Waals surface area (Å²) < 4.78 is 2.61. The van der Waals surface area contributed by atoms with Crippen molar-refractivity contribution in [1.82, 2.24) is 4.57 Å². The molecule has 1 aromatic heterocycles. The largest absolute Gasteiger partial charge is 0.336 e. The van der Waals surface area contributed by atoms with Crippen molar-refractivity contribution in [3.8, 4) is 0 Å². The quantitative estimate of drug-likeness (QED) is 0.290. The number of hydrogen-bond acceptors (Lipinski definition) is 0. The van der Waals surface area contributed by atoms with Gasteiger partial charge in [0.05, 0.1) is 5.52 Å². The molecule has 0 spiro atoms. The zero-order chi connectivity index (χ0) is 21.3. The van der Waals surface area contributed by atoms with Crippen LogP contribution in [0.4, 0.5) is 0 Å². The van der Waals surface area contributed by atoms with Crippen LogP contribution in [0.5, 0.6) is 0 Å².